The summed E-state index contributed by atoms with van der Waals surface area (Å²) in [5, 5.41) is 21.2. The Morgan fingerprint density at radius 2 is 2.25 bits per heavy atom. The summed E-state index contributed by atoms with van der Waals surface area (Å²) in [7, 11) is 0. The minimum Gasteiger partial charge on any atom is -0.354 e. The van der Waals surface area contributed by atoms with Gasteiger partial charge in [0.2, 0.25) is 11.7 Å². The van der Waals surface area contributed by atoms with Crippen molar-refractivity contribution in [3.05, 3.63) is 15.8 Å². The molecule has 0 aliphatic carbocycles. The lowest BCUT2D eigenvalue weighted by atomic mass is 10.1. The molecule has 2 N–H and O–H groups in total. The molecule has 1 saturated heterocycles. The Morgan fingerprint density at radius 1 is 1.55 bits per heavy atom. The van der Waals surface area contributed by atoms with E-state index in [1.807, 2.05) is 13.8 Å². The third kappa shape index (κ3) is 2.59. The van der Waals surface area contributed by atoms with Gasteiger partial charge >= 0.3 is 5.69 Å². The third-order valence-electron chi connectivity index (χ3n) is 3.32. The largest absolute Gasteiger partial charge is 0.354 e. The molecular formula is C12H19N5O3. The van der Waals surface area contributed by atoms with Gasteiger partial charge in [0.15, 0.2) is 0 Å². The maximum atomic E-state index is 11.8. The molecule has 0 spiro atoms. The number of nitrogens with zero attached hydrogens (tertiary/aromatic N) is 3. The molecule has 2 rings (SSSR count). The minimum absolute atomic E-state index is 0.0310. The molecule has 0 radical (unpaired) electrons. The fourth-order valence-corrected chi connectivity index (χ4v) is 2.34. The van der Waals surface area contributed by atoms with E-state index in [0.717, 1.165) is 6.42 Å². The van der Waals surface area contributed by atoms with Gasteiger partial charge < -0.3 is 10.6 Å². The van der Waals surface area contributed by atoms with Crippen molar-refractivity contribution >= 4 is 17.4 Å². The summed E-state index contributed by atoms with van der Waals surface area (Å²) in [5.74, 6) is 0.184. The van der Waals surface area contributed by atoms with Gasteiger partial charge in [0.05, 0.1) is 4.92 Å². The summed E-state index contributed by atoms with van der Waals surface area (Å²) in [6.45, 7) is 6.04. The fourth-order valence-electron chi connectivity index (χ4n) is 2.34. The van der Waals surface area contributed by atoms with E-state index in [1.165, 1.54) is 0 Å². The number of hydrogen-bond donors (Lipinski definition) is 2. The summed E-state index contributed by atoms with van der Waals surface area (Å²) in [5.41, 5.74) is 0.291. The van der Waals surface area contributed by atoms with E-state index in [0.29, 0.717) is 24.5 Å². The molecule has 0 saturated carbocycles. The molecule has 2 heterocycles. The number of carbonyl (C=O) groups excluding carboxylic acids is 1. The zero-order valence-corrected chi connectivity index (χ0v) is 11.8. The average Bonchev–Trinajstić information content (AvgIpc) is 2.69. The molecule has 1 fully saturated rings. The summed E-state index contributed by atoms with van der Waals surface area (Å²) in [6.07, 6.45) is 1.51. The molecule has 110 valence electrons. The average molecular weight is 281 g/mol. The molecule has 1 aliphatic rings. The Labute approximate surface area is 116 Å². The Morgan fingerprint density at radius 3 is 2.80 bits per heavy atom. The highest BCUT2D eigenvalue weighted by molar-refractivity contribution is 5.85. The lowest BCUT2D eigenvalue weighted by Crippen LogP contribution is -2.44. The number of piperidine rings is 1. The first-order valence-electron chi connectivity index (χ1n) is 6.69. The van der Waals surface area contributed by atoms with Crippen LogP contribution in [0.1, 0.15) is 38.4 Å². The van der Waals surface area contributed by atoms with Crippen LogP contribution in [0.2, 0.25) is 0 Å². The van der Waals surface area contributed by atoms with Crippen LogP contribution in [0.4, 0.5) is 11.5 Å². The standard InChI is InChI=1S/C12H19N5O3/c1-7(2)16-11(10(17(19)20)8(3)15-16)14-9-5-4-6-13-12(9)18/h7,9,14H,4-6H2,1-3H3,(H,13,18). The van der Waals surface area contributed by atoms with E-state index in [4.69, 9.17) is 0 Å². The van der Waals surface area contributed by atoms with Crippen LogP contribution >= 0.6 is 0 Å². The Bertz CT molecular complexity index is 537. The van der Waals surface area contributed by atoms with Crippen LogP contribution in [0.25, 0.3) is 0 Å². The highest BCUT2D eigenvalue weighted by atomic mass is 16.6. The van der Waals surface area contributed by atoms with Crippen LogP contribution in [-0.4, -0.2) is 33.2 Å². The van der Waals surface area contributed by atoms with Crippen molar-refractivity contribution in [3.8, 4) is 0 Å². The lowest BCUT2D eigenvalue weighted by molar-refractivity contribution is -0.384. The predicted octanol–water partition coefficient (Wildman–Crippen LogP) is 1.37. The van der Waals surface area contributed by atoms with Crippen LogP contribution in [0.3, 0.4) is 0 Å². The number of hydrogen-bond acceptors (Lipinski definition) is 5. The van der Waals surface area contributed by atoms with Gasteiger partial charge in [0, 0.05) is 12.6 Å². The van der Waals surface area contributed by atoms with Crippen LogP contribution in [-0.2, 0) is 4.79 Å². The van der Waals surface area contributed by atoms with Gasteiger partial charge in [0.1, 0.15) is 11.7 Å². The van der Waals surface area contributed by atoms with E-state index in [9.17, 15) is 14.9 Å². The van der Waals surface area contributed by atoms with Gasteiger partial charge in [-0.15, -0.1) is 0 Å². The quantitative estimate of drug-likeness (QED) is 0.641. The summed E-state index contributed by atoms with van der Waals surface area (Å²) >= 11 is 0. The van der Waals surface area contributed by atoms with E-state index in [1.54, 1.807) is 11.6 Å². The third-order valence-corrected chi connectivity index (χ3v) is 3.32. The number of anilines is 1. The topological polar surface area (TPSA) is 102 Å². The monoisotopic (exact) mass is 281 g/mol. The minimum atomic E-state index is -0.454. The molecule has 8 heteroatoms. The highest BCUT2D eigenvalue weighted by Crippen LogP contribution is 2.31. The number of nitro groups is 1. The van der Waals surface area contributed by atoms with E-state index < -0.39 is 11.0 Å². The van der Waals surface area contributed by atoms with Gasteiger partial charge in [0.25, 0.3) is 0 Å². The van der Waals surface area contributed by atoms with Crippen LogP contribution in [0, 0.1) is 17.0 Å². The number of nitrogens with one attached hydrogen (secondary N) is 2. The van der Waals surface area contributed by atoms with E-state index >= 15 is 0 Å². The van der Waals surface area contributed by atoms with Crippen molar-refractivity contribution in [1.82, 2.24) is 15.1 Å². The second-order valence-electron chi connectivity index (χ2n) is 5.21. The SMILES string of the molecule is Cc1nn(C(C)C)c(NC2CCCNC2=O)c1[N+](=O)[O-]. The van der Waals surface area contributed by atoms with Crippen molar-refractivity contribution < 1.29 is 9.72 Å². The van der Waals surface area contributed by atoms with Crippen molar-refractivity contribution in [3.63, 3.8) is 0 Å². The first-order valence-corrected chi connectivity index (χ1v) is 6.69. The van der Waals surface area contributed by atoms with Crippen molar-refractivity contribution in [2.24, 2.45) is 0 Å². The van der Waals surface area contributed by atoms with Crippen LogP contribution in [0.5, 0.6) is 0 Å². The highest BCUT2D eigenvalue weighted by Gasteiger charge is 2.31. The number of rotatable bonds is 4. The fraction of sp³-hybridized carbons (Fsp3) is 0.667. The van der Waals surface area contributed by atoms with Crippen molar-refractivity contribution in [1.29, 1.82) is 0 Å². The van der Waals surface area contributed by atoms with Crippen LogP contribution in [0.15, 0.2) is 0 Å². The number of amides is 1. The Kier molecular flexibility index (Phi) is 3.91. The van der Waals surface area contributed by atoms with Gasteiger partial charge in [-0.25, -0.2) is 4.68 Å². The maximum Gasteiger partial charge on any atom is 0.333 e. The normalized spacial score (nSPS) is 19.0. The molecule has 8 nitrogen and oxygen atoms in total. The molecule has 0 bridgehead atoms. The van der Waals surface area contributed by atoms with Gasteiger partial charge in [-0.2, -0.15) is 5.10 Å². The molecule has 1 aliphatic heterocycles. The molecule has 1 aromatic heterocycles. The molecule has 1 unspecified atom stereocenters. The second-order valence-corrected chi connectivity index (χ2v) is 5.21. The Balaban J connectivity index is 2.37. The molecule has 1 amide bonds. The number of carbonyl (C=O) groups is 1. The number of aryl methyl sites for hydroxylation is 1. The zero-order chi connectivity index (χ0) is 14.9. The second kappa shape index (κ2) is 5.48. The van der Waals surface area contributed by atoms with Crippen molar-refractivity contribution in [2.75, 3.05) is 11.9 Å². The van der Waals surface area contributed by atoms with Crippen molar-refractivity contribution in [2.45, 2.75) is 45.7 Å². The lowest BCUT2D eigenvalue weighted by Gasteiger charge is -2.24. The maximum absolute atomic E-state index is 11.8. The van der Waals surface area contributed by atoms with E-state index in [2.05, 4.69) is 15.7 Å². The van der Waals surface area contributed by atoms with Gasteiger partial charge in [-0.1, -0.05) is 0 Å². The molecule has 0 aromatic carbocycles. The number of aromatic nitrogens is 2. The Hall–Kier alpha value is -2.12. The molecule has 20 heavy (non-hydrogen) atoms. The van der Waals surface area contributed by atoms with Gasteiger partial charge in [-0.3, -0.25) is 14.9 Å². The van der Waals surface area contributed by atoms with Gasteiger partial charge in [-0.05, 0) is 33.6 Å². The molecular weight excluding hydrogens is 262 g/mol. The summed E-state index contributed by atoms with van der Waals surface area (Å²) in [4.78, 5) is 22.6. The summed E-state index contributed by atoms with van der Waals surface area (Å²) in [6, 6.07) is -0.479. The van der Waals surface area contributed by atoms with Crippen LogP contribution < -0.4 is 10.6 Å². The first kappa shape index (κ1) is 14.3. The smallest absolute Gasteiger partial charge is 0.333 e. The predicted molar refractivity (Wildman–Crippen MR) is 73.7 cm³/mol. The van der Waals surface area contributed by atoms with E-state index in [-0.39, 0.29) is 17.6 Å². The molecule has 1 aromatic rings. The zero-order valence-electron chi connectivity index (χ0n) is 11.8. The first-order chi connectivity index (χ1) is 9.41. The molecule has 1 atom stereocenters. The summed E-state index contributed by atoms with van der Waals surface area (Å²) < 4.78 is 1.56.